The van der Waals surface area contributed by atoms with Gasteiger partial charge in [0.2, 0.25) is 11.9 Å². The maximum Gasteiger partial charge on any atom is 0.240 e. The minimum absolute atomic E-state index is 0.549. The Kier molecular flexibility index (Phi) is 8.42. The van der Waals surface area contributed by atoms with Gasteiger partial charge >= 0.3 is 0 Å². The van der Waals surface area contributed by atoms with E-state index in [1.807, 2.05) is 0 Å². The zero-order valence-corrected chi connectivity index (χ0v) is 33.6. The quantitative estimate of drug-likeness (QED) is 0.162. The molecule has 290 valence electrons. The second-order valence-corrected chi connectivity index (χ2v) is 15.7. The van der Waals surface area contributed by atoms with Crippen LogP contribution in [0.4, 0.5) is 0 Å². The highest BCUT2D eigenvalue weighted by molar-refractivity contribution is 6.11. The molecule has 5 heteroatoms. The highest BCUT2D eigenvalue weighted by Gasteiger charge is 2.21. The minimum atomic E-state index is 0.549. The summed E-state index contributed by atoms with van der Waals surface area (Å²) in [5.74, 6) is 1.69. The van der Waals surface area contributed by atoms with Crippen LogP contribution in [0.3, 0.4) is 0 Å². The van der Waals surface area contributed by atoms with Gasteiger partial charge in [0, 0.05) is 27.1 Å². The molecule has 0 spiro atoms. The third kappa shape index (κ3) is 5.98. The van der Waals surface area contributed by atoms with Crippen LogP contribution in [0, 0.1) is 0 Å². The monoisotopic (exact) mass is 791 g/mol. The van der Waals surface area contributed by atoms with Crippen LogP contribution in [0.2, 0.25) is 0 Å². The Morgan fingerprint density at radius 2 is 0.645 bits per heavy atom. The van der Waals surface area contributed by atoms with Crippen LogP contribution >= 0.6 is 0 Å². The summed E-state index contributed by atoms with van der Waals surface area (Å²) < 4.78 is 4.39. The first-order valence-corrected chi connectivity index (χ1v) is 20.9. The highest BCUT2D eigenvalue weighted by atomic mass is 15.3. The topological polar surface area (TPSA) is 48.5 Å². The number of nitrogens with zero attached hydrogens (tertiary/aromatic N) is 5. The van der Waals surface area contributed by atoms with Crippen molar-refractivity contribution in [1.29, 1.82) is 0 Å². The van der Waals surface area contributed by atoms with Gasteiger partial charge in [-0.25, -0.2) is 0 Å². The SMILES string of the molecule is c1ccc(-c2ccc3c4ccccc4n(-c4nc(-c5cccc(-c6cccc(-c7ccccc7-c7ccccc7)c6)c5)nc(-n5c6ccccc6c6ccccc65)n4)c3c2)cc1. The van der Waals surface area contributed by atoms with E-state index in [4.69, 9.17) is 15.0 Å². The molecule has 0 saturated carbocycles. The maximum atomic E-state index is 5.41. The standard InChI is InChI=1S/C57H37N5/c1-3-17-38(18-4-1)42-33-34-50-49-29-11-14-32-53(49)62(54(50)37-42)57-59-55(58-56(60-57)61-51-30-12-9-27-47(51)48-28-10-13-31-52(48)61)44-24-16-22-41(36-44)40-21-15-23-43(35-40)46-26-8-7-25-45(46)39-19-5-2-6-20-39/h1-37H. The summed E-state index contributed by atoms with van der Waals surface area (Å²) in [6, 6.07) is 79.3. The normalized spacial score (nSPS) is 11.5. The summed E-state index contributed by atoms with van der Waals surface area (Å²) in [7, 11) is 0. The first kappa shape index (κ1) is 35.5. The minimum Gasteiger partial charge on any atom is -0.278 e. The smallest absolute Gasteiger partial charge is 0.240 e. The fraction of sp³-hybridized carbons (Fsp3) is 0. The molecule has 0 radical (unpaired) electrons. The van der Waals surface area contributed by atoms with Crippen LogP contribution in [0.25, 0.3) is 111 Å². The average Bonchev–Trinajstić information content (AvgIpc) is 3.87. The molecule has 0 amide bonds. The van der Waals surface area contributed by atoms with Gasteiger partial charge in [0.25, 0.3) is 0 Å². The van der Waals surface area contributed by atoms with Gasteiger partial charge in [0.05, 0.1) is 22.1 Å². The fourth-order valence-electron chi connectivity index (χ4n) is 9.13. The molecule has 0 bridgehead atoms. The predicted octanol–water partition coefficient (Wildman–Crippen LogP) is 14.4. The van der Waals surface area contributed by atoms with Gasteiger partial charge in [0.15, 0.2) is 5.82 Å². The number of para-hydroxylation sites is 3. The maximum absolute atomic E-state index is 5.41. The Balaban J connectivity index is 1.07. The van der Waals surface area contributed by atoms with Crippen LogP contribution in [-0.2, 0) is 0 Å². The van der Waals surface area contributed by atoms with Crippen molar-refractivity contribution in [2.45, 2.75) is 0 Å². The van der Waals surface area contributed by atoms with Crippen LogP contribution < -0.4 is 0 Å². The number of aromatic nitrogens is 5. The predicted molar refractivity (Wildman–Crippen MR) is 256 cm³/mol. The highest BCUT2D eigenvalue weighted by Crippen LogP contribution is 2.38. The molecule has 5 nitrogen and oxygen atoms in total. The Morgan fingerprint density at radius 3 is 1.24 bits per heavy atom. The second-order valence-electron chi connectivity index (χ2n) is 15.7. The molecule has 12 rings (SSSR count). The zero-order valence-electron chi connectivity index (χ0n) is 33.6. The van der Waals surface area contributed by atoms with E-state index >= 15 is 0 Å². The molecule has 0 saturated heterocycles. The van der Waals surface area contributed by atoms with Gasteiger partial charge < -0.3 is 0 Å². The van der Waals surface area contributed by atoms with Gasteiger partial charge in [-0.3, -0.25) is 9.13 Å². The second kappa shape index (κ2) is 14.7. The molecule has 9 aromatic carbocycles. The lowest BCUT2D eigenvalue weighted by Crippen LogP contribution is -2.10. The molecule has 0 aliphatic rings. The molecule has 0 fully saturated rings. The van der Waals surface area contributed by atoms with Crippen molar-refractivity contribution in [3.05, 3.63) is 224 Å². The molecule has 62 heavy (non-hydrogen) atoms. The lowest BCUT2D eigenvalue weighted by Gasteiger charge is -2.14. The van der Waals surface area contributed by atoms with E-state index in [0.29, 0.717) is 17.7 Å². The van der Waals surface area contributed by atoms with Crippen molar-refractivity contribution in [3.63, 3.8) is 0 Å². The summed E-state index contributed by atoms with van der Waals surface area (Å²) in [5.41, 5.74) is 14.2. The number of fused-ring (bicyclic) bond motifs is 6. The van der Waals surface area contributed by atoms with Gasteiger partial charge in [-0.15, -0.1) is 0 Å². The molecular weight excluding hydrogens is 755 g/mol. The summed E-state index contributed by atoms with van der Waals surface area (Å²) in [6.45, 7) is 0. The van der Waals surface area contributed by atoms with E-state index in [0.717, 1.165) is 77.0 Å². The van der Waals surface area contributed by atoms with Crippen LogP contribution in [-0.4, -0.2) is 24.1 Å². The van der Waals surface area contributed by atoms with Crippen LogP contribution in [0.5, 0.6) is 0 Å². The molecular formula is C57H37N5. The van der Waals surface area contributed by atoms with E-state index in [9.17, 15) is 0 Å². The van der Waals surface area contributed by atoms with E-state index < -0.39 is 0 Å². The Labute approximate surface area is 358 Å². The largest absolute Gasteiger partial charge is 0.278 e. The Morgan fingerprint density at radius 1 is 0.242 bits per heavy atom. The molecule has 0 N–H and O–H groups in total. The lowest BCUT2D eigenvalue weighted by atomic mass is 9.92. The van der Waals surface area contributed by atoms with Gasteiger partial charge in [-0.1, -0.05) is 188 Å². The summed E-state index contributed by atoms with van der Waals surface area (Å²) >= 11 is 0. The summed E-state index contributed by atoms with van der Waals surface area (Å²) in [6.07, 6.45) is 0. The van der Waals surface area contributed by atoms with Crippen molar-refractivity contribution in [3.8, 4) is 67.8 Å². The third-order valence-electron chi connectivity index (χ3n) is 12.0. The molecule has 3 heterocycles. The summed E-state index contributed by atoms with van der Waals surface area (Å²) in [5, 5.41) is 4.56. The van der Waals surface area contributed by atoms with E-state index in [-0.39, 0.29) is 0 Å². The van der Waals surface area contributed by atoms with E-state index in [1.165, 1.54) is 16.7 Å². The van der Waals surface area contributed by atoms with Crippen molar-refractivity contribution in [2.24, 2.45) is 0 Å². The van der Waals surface area contributed by atoms with Crippen LogP contribution in [0.1, 0.15) is 0 Å². The van der Waals surface area contributed by atoms with Gasteiger partial charge in [0.1, 0.15) is 0 Å². The van der Waals surface area contributed by atoms with Crippen LogP contribution in [0.15, 0.2) is 224 Å². The van der Waals surface area contributed by atoms with Crippen molar-refractivity contribution in [1.82, 2.24) is 24.1 Å². The molecule has 0 aliphatic heterocycles. The van der Waals surface area contributed by atoms with Gasteiger partial charge in [-0.05, 0) is 80.9 Å². The Bertz CT molecular complexity index is 3590. The van der Waals surface area contributed by atoms with E-state index in [2.05, 4.69) is 234 Å². The first-order valence-electron chi connectivity index (χ1n) is 20.9. The summed E-state index contributed by atoms with van der Waals surface area (Å²) in [4.78, 5) is 16.2. The van der Waals surface area contributed by atoms with E-state index in [1.54, 1.807) is 0 Å². The number of benzene rings is 9. The number of rotatable bonds is 7. The molecule has 12 aromatic rings. The fourth-order valence-corrected chi connectivity index (χ4v) is 9.13. The molecule has 0 atom stereocenters. The Hall–Kier alpha value is -8.41. The lowest BCUT2D eigenvalue weighted by molar-refractivity contribution is 0.893. The van der Waals surface area contributed by atoms with Crippen molar-refractivity contribution >= 4 is 43.6 Å². The van der Waals surface area contributed by atoms with Crippen molar-refractivity contribution < 1.29 is 0 Å². The van der Waals surface area contributed by atoms with Gasteiger partial charge in [-0.2, -0.15) is 15.0 Å². The third-order valence-corrected chi connectivity index (χ3v) is 12.0. The van der Waals surface area contributed by atoms with Crippen molar-refractivity contribution in [2.75, 3.05) is 0 Å². The molecule has 0 unspecified atom stereocenters. The first-order chi connectivity index (χ1) is 30.7. The molecule has 3 aromatic heterocycles. The number of hydrogen-bond acceptors (Lipinski definition) is 3. The zero-order chi connectivity index (χ0) is 41.0. The molecule has 0 aliphatic carbocycles. The average molecular weight is 792 g/mol. The number of hydrogen-bond donors (Lipinski definition) is 0.